The third-order valence-electron chi connectivity index (χ3n) is 3.99. The van der Waals surface area contributed by atoms with E-state index in [1.807, 2.05) is 0 Å². The molecule has 3 nitrogen and oxygen atoms in total. The van der Waals surface area contributed by atoms with Crippen LogP contribution in [0.5, 0.6) is 0 Å². The van der Waals surface area contributed by atoms with Gasteiger partial charge in [-0.25, -0.2) is 8.42 Å². The molecule has 0 aliphatic rings. The van der Waals surface area contributed by atoms with Gasteiger partial charge in [0.25, 0.3) is 0 Å². The first-order chi connectivity index (χ1) is 14.5. The van der Waals surface area contributed by atoms with Crippen molar-refractivity contribution >= 4 is 10.1 Å². The van der Waals surface area contributed by atoms with Crippen LogP contribution in [0.1, 0.15) is 6.92 Å². The predicted molar refractivity (Wildman–Crippen MR) is 64.8 cm³/mol. The van der Waals surface area contributed by atoms with E-state index in [-0.39, 0.29) is 29.6 Å². The van der Waals surface area contributed by atoms with Gasteiger partial charge in [0.15, 0.2) is 10.1 Å². The molecule has 0 aromatic carbocycles. The van der Waals surface area contributed by atoms with Crippen molar-refractivity contribution in [3.05, 3.63) is 0 Å². The smallest absolute Gasteiger partial charge is 0.743 e. The Morgan fingerprint density at radius 2 is 0.583 bits per heavy atom. The molecular formula is C11H3F20NaO3S. The zero-order chi connectivity index (χ0) is 29.5. The number of hydrogen-bond donors (Lipinski definition) is 0. The van der Waals surface area contributed by atoms with Gasteiger partial charge in [-0.05, 0) is 0 Å². The fourth-order valence-electron chi connectivity index (χ4n) is 1.80. The largest absolute Gasteiger partial charge is 1.00 e. The maximum atomic E-state index is 13.4. The Morgan fingerprint density at radius 3 is 0.750 bits per heavy atom. The van der Waals surface area contributed by atoms with Crippen molar-refractivity contribution in [2.45, 2.75) is 65.5 Å². The third-order valence-corrected chi connectivity index (χ3v) is 4.88. The minimum Gasteiger partial charge on any atom is -0.743 e. The van der Waals surface area contributed by atoms with Gasteiger partial charge in [0, 0.05) is 6.92 Å². The molecule has 36 heavy (non-hydrogen) atoms. The van der Waals surface area contributed by atoms with E-state index in [9.17, 15) is 101 Å². The quantitative estimate of drug-likeness (QED) is 0.215. The Hall–Kier alpha value is -0.490. The van der Waals surface area contributed by atoms with Crippen molar-refractivity contribution in [2.75, 3.05) is 0 Å². The Morgan fingerprint density at radius 1 is 0.417 bits per heavy atom. The van der Waals surface area contributed by atoms with E-state index in [1.165, 1.54) is 0 Å². The molecule has 0 saturated heterocycles. The van der Waals surface area contributed by atoms with Crippen molar-refractivity contribution in [1.82, 2.24) is 0 Å². The SMILES string of the molecule is CC(F)(F)C(F)(F)C(F)(F)C(F)(F)C(F)(F)C(F)(F)C(F)(F)C(F)(F)C(F)(F)C(F)(F)S(=O)(=O)[O-].[Na+]. The minimum atomic E-state index is -9.28. The summed E-state index contributed by atoms with van der Waals surface area (Å²) in [6.07, 6.45) is 0. The van der Waals surface area contributed by atoms with E-state index in [1.54, 1.807) is 0 Å². The van der Waals surface area contributed by atoms with Crippen LogP contribution in [-0.2, 0) is 10.1 Å². The zero-order valence-corrected chi connectivity index (χ0v) is 19.0. The molecule has 0 aliphatic heterocycles. The third kappa shape index (κ3) is 4.42. The fourth-order valence-corrected chi connectivity index (χ4v) is 2.24. The Kier molecular flexibility index (Phi) is 9.45. The van der Waals surface area contributed by atoms with Crippen LogP contribution in [-0.4, -0.2) is 71.5 Å². The number of alkyl halides is 20. The molecule has 0 aliphatic carbocycles. The van der Waals surface area contributed by atoms with Gasteiger partial charge >= 0.3 is 88.1 Å². The number of hydrogen-bond acceptors (Lipinski definition) is 3. The summed E-state index contributed by atoms with van der Waals surface area (Å²) in [5.41, 5.74) is 0. The molecule has 0 radical (unpaired) electrons. The average molecular weight is 618 g/mol. The summed E-state index contributed by atoms with van der Waals surface area (Å²) in [5.74, 6) is -77.6. The van der Waals surface area contributed by atoms with Crippen molar-refractivity contribution in [1.29, 1.82) is 0 Å². The summed E-state index contributed by atoms with van der Waals surface area (Å²) in [4.78, 5) is 0. The van der Waals surface area contributed by atoms with Crippen molar-refractivity contribution in [3.8, 4) is 0 Å². The summed E-state index contributed by atoms with van der Waals surface area (Å²) < 4.78 is 292. The van der Waals surface area contributed by atoms with Gasteiger partial charge in [0.1, 0.15) is 0 Å². The zero-order valence-electron chi connectivity index (χ0n) is 16.2. The van der Waals surface area contributed by atoms with Gasteiger partial charge in [-0.15, -0.1) is 0 Å². The molecular weight excluding hydrogens is 615 g/mol. The molecule has 0 bridgehead atoms. The molecule has 0 spiro atoms. The van der Waals surface area contributed by atoms with Gasteiger partial charge in [0.05, 0.1) is 0 Å². The molecule has 0 N–H and O–H groups in total. The first kappa shape index (κ1) is 37.7. The molecule has 0 heterocycles. The maximum Gasteiger partial charge on any atom is 1.00 e. The summed E-state index contributed by atoms with van der Waals surface area (Å²) >= 11 is 0. The predicted octanol–water partition coefficient (Wildman–Crippen LogP) is 2.87. The first-order valence-corrected chi connectivity index (χ1v) is 8.64. The van der Waals surface area contributed by atoms with E-state index in [4.69, 9.17) is 0 Å². The van der Waals surface area contributed by atoms with Crippen LogP contribution in [0.25, 0.3) is 0 Å². The van der Waals surface area contributed by atoms with Crippen molar-refractivity contribution < 1.29 is 130 Å². The molecule has 0 amide bonds. The molecule has 0 aromatic rings. The second-order valence-corrected chi connectivity index (χ2v) is 7.88. The summed E-state index contributed by atoms with van der Waals surface area (Å²) in [7, 11) is -8.30. The van der Waals surface area contributed by atoms with Crippen LogP contribution >= 0.6 is 0 Å². The Labute approximate surface area is 206 Å². The Bertz CT molecular complexity index is 920. The molecule has 25 heteroatoms. The first-order valence-electron chi connectivity index (χ1n) is 7.23. The fraction of sp³-hybridized carbons (Fsp3) is 1.00. The monoisotopic (exact) mass is 618 g/mol. The van der Waals surface area contributed by atoms with Gasteiger partial charge < -0.3 is 4.55 Å². The Balaban J connectivity index is 0. The molecule has 212 valence electrons. The van der Waals surface area contributed by atoms with E-state index in [2.05, 4.69) is 0 Å². The van der Waals surface area contributed by atoms with Crippen LogP contribution in [0, 0.1) is 0 Å². The average Bonchev–Trinajstić information content (AvgIpc) is 2.58. The molecule has 0 atom stereocenters. The van der Waals surface area contributed by atoms with Gasteiger partial charge in [-0.1, -0.05) is 0 Å². The van der Waals surface area contributed by atoms with E-state index in [0.29, 0.717) is 0 Å². The van der Waals surface area contributed by atoms with Gasteiger partial charge in [0.2, 0.25) is 0 Å². The van der Waals surface area contributed by atoms with E-state index < -0.39 is 75.6 Å². The molecule has 0 unspecified atom stereocenters. The second-order valence-electron chi connectivity index (χ2n) is 6.45. The van der Waals surface area contributed by atoms with Crippen LogP contribution in [0.4, 0.5) is 87.8 Å². The summed E-state index contributed by atoms with van der Waals surface area (Å²) in [6.45, 7) is -1.44. The van der Waals surface area contributed by atoms with Gasteiger partial charge in [-0.3, -0.25) is 0 Å². The number of halogens is 20. The van der Waals surface area contributed by atoms with E-state index >= 15 is 0 Å². The topological polar surface area (TPSA) is 57.2 Å². The standard InChI is InChI=1S/C11H4F20O3S.Na/c1-2(12,13)3(14,15)4(16,17)5(18,19)6(20,21)7(22,23)8(24,25)9(26,27)10(28,29)11(30,31)35(32,33)34;/h1H3,(H,32,33,34);/q;+1/p-1. The van der Waals surface area contributed by atoms with Gasteiger partial charge in [-0.2, -0.15) is 87.8 Å². The van der Waals surface area contributed by atoms with Crippen molar-refractivity contribution in [3.63, 3.8) is 0 Å². The normalized spacial score (nSPS) is 16.6. The van der Waals surface area contributed by atoms with Crippen LogP contribution < -0.4 is 29.6 Å². The van der Waals surface area contributed by atoms with Crippen LogP contribution in [0.3, 0.4) is 0 Å². The number of rotatable bonds is 10. The van der Waals surface area contributed by atoms with Crippen LogP contribution in [0.2, 0.25) is 0 Å². The summed E-state index contributed by atoms with van der Waals surface area (Å²) in [5, 5.41) is -8.12. The van der Waals surface area contributed by atoms with Crippen molar-refractivity contribution in [2.24, 2.45) is 0 Å². The minimum absolute atomic E-state index is 0. The van der Waals surface area contributed by atoms with Crippen LogP contribution in [0.15, 0.2) is 0 Å². The summed E-state index contributed by atoms with van der Waals surface area (Å²) in [6, 6.07) is 0. The molecule has 0 fully saturated rings. The molecule has 0 saturated carbocycles. The maximum absolute atomic E-state index is 13.4. The molecule has 0 rings (SSSR count). The van der Waals surface area contributed by atoms with E-state index in [0.717, 1.165) is 0 Å². The molecule has 0 aromatic heterocycles. The second kappa shape index (κ2) is 9.03.